The summed E-state index contributed by atoms with van der Waals surface area (Å²) in [6.45, 7) is 4.90. The Morgan fingerprint density at radius 3 is 2.62 bits per heavy atom. The number of rotatable bonds is 4. The first-order valence-corrected chi connectivity index (χ1v) is 5.22. The van der Waals surface area contributed by atoms with Gasteiger partial charge in [-0.2, -0.15) is 0 Å². The minimum absolute atomic E-state index is 0.505. The van der Waals surface area contributed by atoms with Gasteiger partial charge in [0.25, 0.3) is 0 Å². The van der Waals surface area contributed by atoms with E-state index in [0.29, 0.717) is 24.5 Å². The molecule has 0 spiro atoms. The van der Waals surface area contributed by atoms with Crippen LogP contribution in [0.5, 0.6) is 0 Å². The van der Waals surface area contributed by atoms with E-state index >= 15 is 0 Å². The minimum atomic E-state index is -0.505. The highest BCUT2D eigenvalue weighted by Crippen LogP contribution is 2.06. The molecule has 0 unspecified atom stereocenters. The average Bonchev–Trinajstić information content (AvgIpc) is 2.28. The van der Waals surface area contributed by atoms with Crippen LogP contribution in [0.1, 0.15) is 19.4 Å². The van der Waals surface area contributed by atoms with Crippen molar-refractivity contribution in [1.82, 2.24) is 4.98 Å². The molecule has 0 aliphatic rings. The number of nitrogens with two attached hydrogens (primary N) is 1. The summed E-state index contributed by atoms with van der Waals surface area (Å²) in [5.41, 5.74) is 7.02. The third-order valence-corrected chi connectivity index (χ3v) is 1.82. The second kappa shape index (κ2) is 6.83. The van der Waals surface area contributed by atoms with Crippen LogP contribution in [-0.4, -0.2) is 24.5 Å². The van der Waals surface area contributed by atoms with Crippen LogP contribution < -0.4 is 5.73 Å². The quantitative estimate of drug-likeness (QED) is 0.615. The van der Waals surface area contributed by atoms with Crippen molar-refractivity contribution in [3.63, 3.8) is 0 Å². The SMILES string of the molecule is CCOC(C#Cc1cnccc1N)OCC. The maximum Gasteiger partial charge on any atom is 0.222 e. The molecule has 1 aromatic heterocycles. The van der Waals surface area contributed by atoms with E-state index in [4.69, 9.17) is 15.2 Å². The van der Waals surface area contributed by atoms with Gasteiger partial charge in [0.15, 0.2) is 0 Å². The molecule has 0 fully saturated rings. The maximum atomic E-state index is 5.73. The molecule has 4 heteroatoms. The summed E-state index contributed by atoms with van der Waals surface area (Å²) >= 11 is 0. The van der Waals surface area contributed by atoms with Gasteiger partial charge >= 0.3 is 0 Å². The molecule has 16 heavy (non-hydrogen) atoms. The molecule has 0 aliphatic carbocycles. The number of hydrogen-bond donors (Lipinski definition) is 1. The number of aromatic nitrogens is 1. The van der Waals surface area contributed by atoms with Crippen LogP contribution in [0.2, 0.25) is 0 Å². The predicted octanol–water partition coefficient (Wildman–Crippen LogP) is 1.41. The molecule has 0 aliphatic heterocycles. The van der Waals surface area contributed by atoms with Crippen molar-refractivity contribution in [3.05, 3.63) is 24.0 Å². The third-order valence-electron chi connectivity index (χ3n) is 1.82. The van der Waals surface area contributed by atoms with Gasteiger partial charge in [0.05, 0.1) is 11.3 Å². The van der Waals surface area contributed by atoms with Crippen molar-refractivity contribution in [2.75, 3.05) is 18.9 Å². The Bertz CT molecular complexity index is 376. The monoisotopic (exact) mass is 220 g/mol. The number of nitrogens with zero attached hydrogens (tertiary/aromatic N) is 1. The van der Waals surface area contributed by atoms with E-state index in [9.17, 15) is 0 Å². The van der Waals surface area contributed by atoms with Gasteiger partial charge in [0, 0.05) is 25.6 Å². The predicted molar refractivity (Wildman–Crippen MR) is 62.6 cm³/mol. The normalized spacial score (nSPS) is 9.94. The molecule has 1 heterocycles. The van der Waals surface area contributed by atoms with Gasteiger partial charge in [-0.05, 0) is 25.8 Å². The minimum Gasteiger partial charge on any atom is -0.398 e. The molecule has 1 rings (SSSR count). The second-order valence-electron chi connectivity index (χ2n) is 2.97. The van der Waals surface area contributed by atoms with Crippen LogP contribution in [0.15, 0.2) is 18.5 Å². The lowest BCUT2D eigenvalue weighted by Gasteiger charge is -2.09. The number of nitrogen functional groups attached to an aromatic ring is 1. The van der Waals surface area contributed by atoms with Crippen LogP contribution >= 0.6 is 0 Å². The van der Waals surface area contributed by atoms with E-state index in [1.54, 1.807) is 18.5 Å². The van der Waals surface area contributed by atoms with Crippen LogP contribution in [0.4, 0.5) is 5.69 Å². The molecule has 0 saturated heterocycles. The highest BCUT2D eigenvalue weighted by atomic mass is 16.7. The number of pyridine rings is 1. The van der Waals surface area contributed by atoms with Gasteiger partial charge in [0.2, 0.25) is 6.29 Å². The van der Waals surface area contributed by atoms with Gasteiger partial charge in [0.1, 0.15) is 0 Å². The summed E-state index contributed by atoms with van der Waals surface area (Å²) in [7, 11) is 0. The highest BCUT2D eigenvalue weighted by molar-refractivity contribution is 5.53. The Hall–Kier alpha value is -1.57. The third kappa shape index (κ3) is 3.89. The van der Waals surface area contributed by atoms with Crippen molar-refractivity contribution >= 4 is 5.69 Å². The Kier molecular flexibility index (Phi) is 5.34. The zero-order valence-corrected chi connectivity index (χ0v) is 9.56. The average molecular weight is 220 g/mol. The van der Waals surface area contributed by atoms with Crippen LogP contribution in [-0.2, 0) is 9.47 Å². The second-order valence-corrected chi connectivity index (χ2v) is 2.97. The Balaban J connectivity index is 2.74. The highest BCUT2D eigenvalue weighted by Gasteiger charge is 2.02. The van der Waals surface area contributed by atoms with E-state index in [1.807, 2.05) is 13.8 Å². The lowest BCUT2D eigenvalue weighted by atomic mass is 10.2. The zero-order valence-electron chi connectivity index (χ0n) is 9.56. The summed E-state index contributed by atoms with van der Waals surface area (Å²) in [4.78, 5) is 3.95. The molecule has 0 aromatic carbocycles. The number of anilines is 1. The smallest absolute Gasteiger partial charge is 0.222 e. The van der Waals surface area contributed by atoms with E-state index in [0.717, 1.165) is 0 Å². The first-order chi connectivity index (χ1) is 7.77. The molecule has 2 N–H and O–H groups in total. The summed E-state index contributed by atoms with van der Waals surface area (Å²) in [6, 6.07) is 1.71. The zero-order chi connectivity index (χ0) is 11.8. The molecule has 4 nitrogen and oxygen atoms in total. The van der Waals surface area contributed by atoms with Gasteiger partial charge in [-0.25, -0.2) is 0 Å². The topological polar surface area (TPSA) is 57.4 Å². The fourth-order valence-electron chi connectivity index (χ4n) is 1.08. The molecule has 0 amide bonds. The molecule has 0 radical (unpaired) electrons. The summed E-state index contributed by atoms with van der Waals surface area (Å²) in [5, 5.41) is 0. The van der Waals surface area contributed by atoms with E-state index in [-0.39, 0.29) is 0 Å². The Labute approximate surface area is 95.8 Å². The fourth-order valence-corrected chi connectivity index (χ4v) is 1.08. The first-order valence-electron chi connectivity index (χ1n) is 5.22. The molecule has 1 aromatic rings. The number of ether oxygens (including phenoxy) is 2. The van der Waals surface area contributed by atoms with Crippen molar-refractivity contribution in [2.45, 2.75) is 20.1 Å². The fraction of sp³-hybridized carbons (Fsp3) is 0.417. The van der Waals surface area contributed by atoms with Crippen LogP contribution in [0, 0.1) is 11.8 Å². The molecule has 0 saturated carbocycles. The molecule has 0 atom stereocenters. The number of hydrogen-bond acceptors (Lipinski definition) is 4. The largest absolute Gasteiger partial charge is 0.398 e. The maximum absolute atomic E-state index is 5.73. The van der Waals surface area contributed by atoms with Crippen molar-refractivity contribution in [3.8, 4) is 11.8 Å². The van der Waals surface area contributed by atoms with Gasteiger partial charge < -0.3 is 15.2 Å². The van der Waals surface area contributed by atoms with Crippen LogP contribution in [0.3, 0.4) is 0 Å². The van der Waals surface area contributed by atoms with Gasteiger partial charge in [-0.15, -0.1) is 0 Å². The molecule has 86 valence electrons. The lowest BCUT2D eigenvalue weighted by molar-refractivity contribution is -0.0969. The van der Waals surface area contributed by atoms with Crippen molar-refractivity contribution in [1.29, 1.82) is 0 Å². The van der Waals surface area contributed by atoms with Crippen molar-refractivity contribution < 1.29 is 9.47 Å². The van der Waals surface area contributed by atoms with E-state index in [2.05, 4.69) is 16.8 Å². The van der Waals surface area contributed by atoms with E-state index < -0.39 is 6.29 Å². The molecule has 0 bridgehead atoms. The van der Waals surface area contributed by atoms with Crippen LogP contribution in [0.25, 0.3) is 0 Å². The Morgan fingerprint density at radius 2 is 2.06 bits per heavy atom. The summed E-state index contributed by atoms with van der Waals surface area (Å²) < 4.78 is 10.6. The molecular formula is C12H16N2O2. The summed E-state index contributed by atoms with van der Waals surface area (Å²) in [6.07, 6.45) is 2.75. The van der Waals surface area contributed by atoms with Gasteiger partial charge in [-0.3, -0.25) is 4.98 Å². The van der Waals surface area contributed by atoms with Gasteiger partial charge in [-0.1, -0.05) is 5.92 Å². The Morgan fingerprint density at radius 1 is 1.38 bits per heavy atom. The van der Waals surface area contributed by atoms with Crippen molar-refractivity contribution in [2.24, 2.45) is 0 Å². The lowest BCUT2D eigenvalue weighted by Crippen LogP contribution is -2.14. The summed E-state index contributed by atoms with van der Waals surface area (Å²) in [5.74, 6) is 5.76. The molecular weight excluding hydrogens is 204 g/mol. The first kappa shape index (κ1) is 12.5. The van der Waals surface area contributed by atoms with E-state index in [1.165, 1.54) is 0 Å². The standard InChI is InChI=1S/C12H16N2O2/c1-3-15-12(16-4-2)6-5-10-9-14-8-7-11(10)13/h7-9,12H,3-4H2,1-2H3,(H2,13,14).